The van der Waals surface area contributed by atoms with E-state index in [-0.39, 0.29) is 23.8 Å². The molecule has 0 saturated heterocycles. The minimum Gasteiger partial charge on any atom is -0.465 e. The normalized spacial score (nSPS) is 12.7. The van der Waals surface area contributed by atoms with E-state index in [4.69, 9.17) is 24.7 Å². The molecule has 0 spiro atoms. The van der Waals surface area contributed by atoms with E-state index in [9.17, 15) is 9.59 Å². The van der Waals surface area contributed by atoms with Gasteiger partial charge in [-0.3, -0.25) is 9.59 Å². The highest BCUT2D eigenvalue weighted by atomic mass is 16.5. The van der Waals surface area contributed by atoms with E-state index in [1.54, 1.807) is 0 Å². The number of ether oxygens (including phenoxy) is 4. The first-order chi connectivity index (χ1) is 28.5. The monoisotopic (exact) mass is 825 g/mol. The largest absolute Gasteiger partial charge is 0.465 e. The number of unbranched alkanes of at least 4 members (excludes halogenated alkanes) is 22. The van der Waals surface area contributed by atoms with Crippen molar-refractivity contribution in [2.75, 3.05) is 65.8 Å². The maximum atomic E-state index is 13.0. The molecule has 2 atom stereocenters. The molecule has 8 heteroatoms. The van der Waals surface area contributed by atoms with Gasteiger partial charge < -0.3 is 29.6 Å². The van der Waals surface area contributed by atoms with Gasteiger partial charge in [-0.2, -0.15) is 0 Å². The second-order valence-corrected chi connectivity index (χ2v) is 17.2. The predicted octanol–water partition coefficient (Wildman–Crippen LogP) is 13.2. The Balaban J connectivity index is 4.57. The van der Waals surface area contributed by atoms with E-state index in [0.29, 0.717) is 46.2 Å². The molecule has 346 valence electrons. The van der Waals surface area contributed by atoms with Crippen LogP contribution in [0.15, 0.2) is 0 Å². The van der Waals surface area contributed by atoms with Crippen LogP contribution < -0.4 is 5.73 Å². The van der Waals surface area contributed by atoms with Crippen LogP contribution in [0, 0.1) is 11.8 Å². The van der Waals surface area contributed by atoms with Crippen LogP contribution >= 0.6 is 0 Å². The summed E-state index contributed by atoms with van der Waals surface area (Å²) in [6, 6.07) is 0. The van der Waals surface area contributed by atoms with Crippen LogP contribution in [0.4, 0.5) is 0 Å². The molecule has 0 aromatic carbocycles. The first-order valence-corrected chi connectivity index (χ1v) is 25.4. The smallest absolute Gasteiger partial charge is 0.308 e. The average Bonchev–Trinajstić information content (AvgIpc) is 3.23. The standard InChI is InChI=1S/C50H100N2O6/c1-5-9-13-17-19-27-35-47(33-25-15-11-7-3)49(53)57-41-31-23-21-29-38-52(40-44-56-46-45-55-43-37-51)39-30-22-24-32-42-58-50(54)48(34-26-16-12-8-4)36-28-20-18-14-10-6-2/h47-48H,5-46,51H2,1-4H3. The molecule has 8 nitrogen and oxygen atoms in total. The summed E-state index contributed by atoms with van der Waals surface area (Å²) in [5.41, 5.74) is 5.52. The van der Waals surface area contributed by atoms with Crippen molar-refractivity contribution in [3.63, 3.8) is 0 Å². The summed E-state index contributed by atoms with van der Waals surface area (Å²) in [6.07, 6.45) is 37.4. The SMILES string of the molecule is CCCCCCCCC(CCCCCC)C(=O)OCCCCCCN(CCCCCCOC(=O)C(CCCCCC)CCCCCCCC)CCOCCOCCN. The summed E-state index contributed by atoms with van der Waals surface area (Å²) in [7, 11) is 0. The highest BCUT2D eigenvalue weighted by Crippen LogP contribution is 2.22. The molecule has 0 rings (SSSR count). The Morgan fingerprint density at radius 2 is 0.707 bits per heavy atom. The van der Waals surface area contributed by atoms with Crippen molar-refractivity contribution in [2.24, 2.45) is 17.6 Å². The van der Waals surface area contributed by atoms with Crippen LogP contribution in [0.5, 0.6) is 0 Å². The maximum Gasteiger partial charge on any atom is 0.308 e. The number of carbonyl (C=O) groups excluding carboxylic acids is 2. The number of carbonyl (C=O) groups is 2. The third-order valence-electron chi connectivity index (χ3n) is 11.7. The second kappa shape index (κ2) is 46.8. The molecule has 0 aromatic rings. The molecule has 2 N–H and O–H groups in total. The summed E-state index contributed by atoms with van der Waals surface area (Å²) in [6.45, 7) is 16.1. The fourth-order valence-electron chi connectivity index (χ4n) is 7.83. The van der Waals surface area contributed by atoms with E-state index in [2.05, 4.69) is 32.6 Å². The van der Waals surface area contributed by atoms with E-state index in [1.165, 1.54) is 103 Å². The zero-order valence-corrected chi connectivity index (χ0v) is 39.3. The molecule has 0 aliphatic carbocycles. The van der Waals surface area contributed by atoms with Gasteiger partial charge in [0.05, 0.1) is 51.5 Å². The molecule has 0 aliphatic rings. The van der Waals surface area contributed by atoms with Crippen molar-refractivity contribution in [3.8, 4) is 0 Å². The van der Waals surface area contributed by atoms with Crippen molar-refractivity contribution in [1.29, 1.82) is 0 Å². The quantitative estimate of drug-likeness (QED) is 0.0478. The molecule has 0 aromatic heterocycles. The van der Waals surface area contributed by atoms with Gasteiger partial charge in [0.1, 0.15) is 0 Å². The molecule has 0 heterocycles. The Kier molecular flexibility index (Phi) is 45.9. The molecule has 0 radical (unpaired) electrons. The van der Waals surface area contributed by atoms with Gasteiger partial charge in [0.2, 0.25) is 0 Å². The van der Waals surface area contributed by atoms with Crippen LogP contribution in [0.2, 0.25) is 0 Å². The van der Waals surface area contributed by atoms with E-state index in [0.717, 1.165) is 122 Å². The average molecular weight is 825 g/mol. The topological polar surface area (TPSA) is 100 Å². The fourth-order valence-corrected chi connectivity index (χ4v) is 7.83. The third-order valence-corrected chi connectivity index (χ3v) is 11.7. The number of rotatable bonds is 48. The van der Waals surface area contributed by atoms with Crippen molar-refractivity contribution in [1.82, 2.24) is 4.90 Å². The Bertz CT molecular complexity index is 787. The van der Waals surface area contributed by atoms with Crippen LogP contribution in [-0.2, 0) is 28.5 Å². The lowest BCUT2D eigenvalue weighted by molar-refractivity contribution is -0.150. The van der Waals surface area contributed by atoms with Gasteiger partial charge in [0, 0.05) is 13.1 Å². The van der Waals surface area contributed by atoms with Gasteiger partial charge in [-0.05, 0) is 64.5 Å². The van der Waals surface area contributed by atoms with Crippen molar-refractivity contribution < 1.29 is 28.5 Å². The van der Waals surface area contributed by atoms with Gasteiger partial charge in [-0.1, -0.05) is 182 Å². The van der Waals surface area contributed by atoms with Gasteiger partial charge in [-0.25, -0.2) is 0 Å². The van der Waals surface area contributed by atoms with E-state index < -0.39 is 0 Å². The number of esters is 2. The Morgan fingerprint density at radius 3 is 1.10 bits per heavy atom. The molecule has 0 saturated carbocycles. The first kappa shape index (κ1) is 56.8. The Hall–Kier alpha value is -1.22. The predicted molar refractivity (Wildman–Crippen MR) is 246 cm³/mol. The van der Waals surface area contributed by atoms with E-state index in [1.807, 2.05) is 0 Å². The first-order valence-electron chi connectivity index (χ1n) is 25.4. The molecule has 0 aliphatic heterocycles. The maximum absolute atomic E-state index is 13.0. The van der Waals surface area contributed by atoms with Crippen molar-refractivity contribution in [2.45, 2.75) is 233 Å². The Labute approximate surface area is 360 Å². The molecular formula is C50H100N2O6. The lowest BCUT2D eigenvalue weighted by Crippen LogP contribution is -2.30. The molecule has 58 heavy (non-hydrogen) atoms. The highest BCUT2D eigenvalue weighted by molar-refractivity contribution is 5.72. The molecule has 0 bridgehead atoms. The van der Waals surface area contributed by atoms with Crippen LogP contribution in [0.1, 0.15) is 233 Å². The molecule has 0 fully saturated rings. The van der Waals surface area contributed by atoms with Gasteiger partial charge in [0.25, 0.3) is 0 Å². The fraction of sp³-hybridized carbons (Fsp3) is 0.960. The lowest BCUT2D eigenvalue weighted by Gasteiger charge is -2.22. The van der Waals surface area contributed by atoms with Crippen LogP contribution in [0.25, 0.3) is 0 Å². The molecular weight excluding hydrogens is 725 g/mol. The zero-order valence-electron chi connectivity index (χ0n) is 39.3. The minimum atomic E-state index is 0.0494. The molecule has 0 amide bonds. The van der Waals surface area contributed by atoms with Gasteiger partial charge in [0.15, 0.2) is 0 Å². The summed E-state index contributed by atoms with van der Waals surface area (Å²) in [5, 5.41) is 0. The third kappa shape index (κ3) is 38.9. The summed E-state index contributed by atoms with van der Waals surface area (Å²) in [4.78, 5) is 28.6. The number of nitrogens with two attached hydrogens (primary N) is 1. The minimum absolute atomic E-state index is 0.0494. The highest BCUT2D eigenvalue weighted by Gasteiger charge is 2.20. The van der Waals surface area contributed by atoms with Gasteiger partial charge >= 0.3 is 11.9 Å². The second-order valence-electron chi connectivity index (χ2n) is 17.2. The summed E-state index contributed by atoms with van der Waals surface area (Å²) < 4.78 is 23.0. The Morgan fingerprint density at radius 1 is 0.379 bits per heavy atom. The number of nitrogens with zero attached hydrogens (tertiary/aromatic N) is 1. The summed E-state index contributed by atoms with van der Waals surface area (Å²) >= 11 is 0. The summed E-state index contributed by atoms with van der Waals surface area (Å²) in [5.74, 6) is 0.262. The molecule has 2 unspecified atom stereocenters. The van der Waals surface area contributed by atoms with Crippen molar-refractivity contribution >= 4 is 11.9 Å². The van der Waals surface area contributed by atoms with E-state index >= 15 is 0 Å². The zero-order chi connectivity index (χ0) is 42.4. The number of hydrogen-bond acceptors (Lipinski definition) is 8. The van der Waals surface area contributed by atoms with Crippen molar-refractivity contribution in [3.05, 3.63) is 0 Å². The van der Waals surface area contributed by atoms with Crippen LogP contribution in [-0.4, -0.2) is 82.7 Å². The van der Waals surface area contributed by atoms with Gasteiger partial charge in [-0.15, -0.1) is 0 Å². The number of hydrogen-bond donors (Lipinski definition) is 1. The lowest BCUT2D eigenvalue weighted by atomic mass is 9.94. The van der Waals surface area contributed by atoms with Crippen LogP contribution in [0.3, 0.4) is 0 Å².